The highest BCUT2D eigenvalue weighted by Crippen LogP contribution is 2.53. The molecule has 28 heavy (non-hydrogen) atoms. The van der Waals surface area contributed by atoms with Gasteiger partial charge in [-0.25, -0.2) is 0 Å². The molecule has 4 bridgehead atoms. The van der Waals surface area contributed by atoms with Crippen molar-refractivity contribution in [1.29, 1.82) is 0 Å². The molecule has 0 radical (unpaired) electrons. The highest BCUT2D eigenvalue weighted by Gasteiger charge is 2.40. The van der Waals surface area contributed by atoms with E-state index in [4.69, 9.17) is 4.99 Å². The zero-order chi connectivity index (χ0) is 19.0. The van der Waals surface area contributed by atoms with Crippen LogP contribution in [0.1, 0.15) is 86.7 Å². The van der Waals surface area contributed by atoms with E-state index in [-0.39, 0.29) is 0 Å². The maximum atomic E-state index is 5.23. The quantitative estimate of drug-likeness (QED) is 0.571. The van der Waals surface area contributed by atoms with Crippen LogP contribution < -0.4 is 0 Å². The molecule has 0 saturated heterocycles. The predicted octanol–water partition coefficient (Wildman–Crippen LogP) is 6.73. The average molecular weight is 371 g/mol. The maximum absolute atomic E-state index is 5.23. The summed E-state index contributed by atoms with van der Waals surface area (Å²) in [5.41, 5.74) is 13.2. The van der Waals surface area contributed by atoms with Crippen LogP contribution in [0.3, 0.4) is 0 Å². The molecular formula is C26H30N2. The van der Waals surface area contributed by atoms with Gasteiger partial charge in [-0.05, 0) is 68.2 Å². The van der Waals surface area contributed by atoms with Gasteiger partial charge in [-0.15, -0.1) is 0 Å². The Kier molecular flexibility index (Phi) is 3.58. The van der Waals surface area contributed by atoms with Crippen molar-refractivity contribution in [2.24, 2.45) is 16.8 Å². The Morgan fingerprint density at radius 2 is 1.50 bits per heavy atom. The van der Waals surface area contributed by atoms with Crippen LogP contribution in [0.15, 0.2) is 46.1 Å². The molecule has 0 aromatic carbocycles. The lowest BCUT2D eigenvalue weighted by molar-refractivity contribution is 0.501. The van der Waals surface area contributed by atoms with Crippen molar-refractivity contribution in [3.05, 3.63) is 63.7 Å². The molecule has 0 spiro atoms. The summed E-state index contributed by atoms with van der Waals surface area (Å²) in [5, 5.41) is 0. The SMILES string of the molecule is CCC/C(=C1/N=C(C)C2=C1C1C=CC2CC1)c1[nH]c(C)c2c1C1C=CC2CC1. The maximum Gasteiger partial charge on any atom is 0.0727 e. The lowest BCUT2D eigenvalue weighted by Crippen LogP contribution is -2.23. The van der Waals surface area contributed by atoms with E-state index in [0.29, 0.717) is 23.7 Å². The van der Waals surface area contributed by atoms with Crippen LogP contribution >= 0.6 is 0 Å². The van der Waals surface area contributed by atoms with E-state index in [1.807, 2.05) is 0 Å². The van der Waals surface area contributed by atoms with Gasteiger partial charge in [0.1, 0.15) is 0 Å². The number of nitrogens with zero attached hydrogens (tertiary/aromatic N) is 1. The Labute approximate surface area is 168 Å². The van der Waals surface area contributed by atoms with Gasteiger partial charge in [0.05, 0.1) is 5.70 Å². The molecule has 0 saturated carbocycles. The largest absolute Gasteiger partial charge is 0.358 e. The Bertz CT molecular complexity index is 1020. The smallest absolute Gasteiger partial charge is 0.0727 e. The van der Waals surface area contributed by atoms with E-state index < -0.39 is 0 Å². The lowest BCUT2D eigenvalue weighted by atomic mass is 9.69. The fourth-order valence-corrected chi connectivity index (χ4v) is 6.66. The van der Waals surface area contributed by atoms with Crippen LogP contribution in [0.25, 0.3) is 5.57 Å². The summed E-state index contributed by atoms with van der Waals surface area (Å²) < 4.78 is 0. The highest BCUT2D eigenvalue weighted by molar-refractivity contribution is 6.06. The second kappa shape index (κ2) is 5.95. The zero-order valence-electron chi connectivity index (χ0n) is 17.3. The van der Waals surface area contributed by atoms with Gasteiger partial charge < -0.3 is 4.98 Å². The first-order valence-corrected chi connectivity index (χ1v) is 11.3. The van der Waals surface area contributed by atoms with E-state index in [1.165, 1.54) is 54.1 Å². The Balaban J connectivity index is 1.58. The van der Waals surface area contributed by atoms with Crippen molar-refractivity contribution >= 4 is 11.3 Å². The van der Waals surface area contributed by atoms with Crippen molar-refractivity contribution in [3.8, 4) is 0 Å². The zero-order valence-corrected chi connectivity index (χ0v) is 17.3. The van der Waals surface area contributed by atoms with Gasteiger partial charge in [-0.2, -0.15) is 0 Å². The topological polar surface area (TPSA) is 28.1 Å². The molecule has 0 amide bonds. The third-order valence-corrected chi connectivity index (χ3v) is 7.79. The minimum absolute atomic E-state index is 0.575. The number of H-pyrrole nitrogens is 1. The van der Waals surface area contributed by atoms with Crippen LogP contribution in [0.4, 0.5) is 0 Å². The molecule has 6 aliphatic carbocycles. The summed E-state index contributed by atoms with van der Waals surface area (Å²) in [6, 6.07) is 0. The van der Waals surface area contributed by atoms with Gasteiger partial charge in [-0.3, -0.25) is 4.99 Å². The van der Waals surface area contributed by atoms with E-state index >= 15 is 0 Å². The molecule has 4 unspecified atom stereocenters. The number of rotatable bonds is 3. The van der Waals surface area contributed by atoms with Crippen LogP contribution in [0.5, 0.6) is 0 Å². The molecule has 2 nitrogen and oxygen atoms in total. The van der Waals surface area contributed by atoms with Gasteiger partial charge in [0.2, 0.25) is 0 Å². The number of hydrogen-bond acceptors (Lipinski definition) is 1. The summed E-state index contributed by atoms with van der Waals surface area (Å²) in [7, 11) is 0. The molecule has 2 heteroatoms. The lowest BCUT2D eigenvalue weighted by Gasteiger charge is -2.34. The summed E-state index contributed by atoms with van der Waals surface area (Å²) >= 11 is 0. The van der Waals surface area contributed by atoms with Gasteiger partial charge >= 0.3 is 0 Å². The molecule has 1 aliphatic heterocycles. The molecule has 8 rings (SSSR count). The van der Waals surface area contributed by atoms with E-state index in [0.717, 1.165) is 12.8 Å². The summed E-state index contributed by atoms with van der Waals surface area (Å²) in [4.78, 5) is 9.10. The van der Waals surface area contributed by atoms with Gasteiger partial charge in [0.15, 0.2) is 0 Å². The molecule has 7 aliphatic rings. The molecule has 1 N–H and O–H groups in total. The second-order valence-corrected chi connectivity index (χ2v) is 9.40. The average Bonchev–Trinajstić information content (AvgIpc) is 3.29. The monoisotopic (exact) mass is 370 g/mol. The van der Waals surface area contributed by atoms with Crippen LogP contribution in [0.2, 0.25) is 0 Å². The van der Waals surface area contributed by atoms with Crippen LogP contribution in [-0.4, -0.2) is 10.7 Å². The first-order valence-electron chi connectivity index (χ1n) is 11.3. The van der Waals surface area contributed by atoms with Crippen molar-refractivity contribution in [1.82, 2.24) is 4.98 Å². The second-order valence-electron chi connectivity index (χ2n) is 9.40. The Morgan fingerprint density at radius 1 is 0.893 bits per heavy atom. The normalized spacial score (nSPS) is 33.5. The fourth-order valence-electron chi connectivity index (χ4n) is 6.66. The molecular weight excluding hydrogens is 340 g/mol. The number of fused-ring (bicyclic) bond motifs is 2. The number of allylic oxidation sites excluding steroid dienone is 7. The molecule has 1 aromatic rings. The van der Waals surface area contributed by atoms with Crippen molar-refractivity contribution in [2.75, 3.05) is 0 Å². The standard InChI is InChI=1S/C26H30N2/c1-4-5-20(25-23-18-10-6-16(7-11-18)21(23)14(2)27-25)26-24-19-12-8-17(9-13-19)22(24)15(3)28-26/h6,8,10,12,16-19,27H,4-5,7,9,11,13H2,1-3H3/b26-20-. The summed E-state index contributed by atoms with van der Waals surface area (Å²) in [6.07, 6.45) is 17.3. The van der Waals surface area contributed by atoms with Crippen LogP contribution in [-0.2, 0) is 0 Å². The molecule has 4 atom stereocenters. The summed E-state index contributed by atoms with van der Waals surface area (Å²) in [5.74, 6) is 2.39. The van der Waals surface area contributed by atoms with Gasteiger partial charge in [0.25, 0.3) is 0 Å². The molecule has 1 aromatic heterocycles. The highest BCUT2D eigenvalue weighted by atomic mass is 14.8. The third kappa shape index (κ3) is 2.12. The number of aromatic nitrogens is 1. The Morgan fingerprint density at radius 3 is 2.14 bits per heavy atom. The molecule has 0 fully saturated rings. The van der Waals surface area contributed by atoms with Gasteiger partial charge in [-0.1, -0.05) is 37.6 Å². The number of aromatic amines is 1. The van der Waals surface area contributed by atoms with E-state index in [2.05, 4.69) is 50.1 Å². The van der Waals surface area contributed by atoms with Crippen LogP contribution in [0, 0.1) is 18.8 Å². The van der Waals surface area contributed by atoms with E-state index in [1.54, 1.807) is 22.3 Å². The number of aryl methyl sites for hydroxylation is 1. The first kappa shape index (κ1) is 16.8. The fraction of sp³-hybridized carbons (Fsp3) is 0.500. The first-order chi connectivity index (χ1) is 13.7. The third-order valence-electron chi connectivity index (χ3n) is 7.79. The van der Waals surface area contributed by atoms with Gasteiger partial charge in [0, 0.05) is 46.3 Å². The number of hydrogen-bond donors (Lipinski definition) is 1. The summed E-state index contributed by atoms with van der Waals surface area (Å²) in [6.45, 7) is 6.83. The minimum Gasteiger partial charge on any atom is -0.358 e. The molecule has 2 heterocycles. The minimum atomic E-state index is 0.575. The number of nitrogens with one attached hydrogen (secondary N) is 1. The van der Waals surface area contributed by atoms with Crippen molar-refractivity contribution in [2.45, 2.75) is 71.1 Å². The van der Waals surface area contributed by atoms with E-state index in [9.17, 15) is 0 Å². The van der Waals surface area contributed by atoms with Crippen molar-refractivity contribution < 1.29 is 0 Å². The molecule has 144 valence electrons. The Hall–Kier alpha value is -2.09. The number of aliphatic imine (C=N–C) groups is 1. The van der Waals surface area contributed by atoms with Crippen molar-refractivity contribution in [3.63, 3.8) is 0 Å². The predicted molar refractivity (Wildman–Crippen MR) is 117 cm³/mol.